The fraction of sp³-hybridized carbons (Fsp3) is 0. The Morgan fingerprint density at radius 3 is 2.20 bits per heavy atom. The summed E-state index contributed by atoms with van der Waals surface area (Å²) in [5.41, 5.74) is 4.41. The van der Waals surface area contributed by atoms with Crippen LogP contribution in [0.15, 0.2) is 77.8 Å². The summed E-state index contributed by atoms with van der Waals surface area (Å²) in [5, 5.41) is 5.56. The highest BCUT2D eigenvalue weighted by atomic mass is 32.2. The monoisotopic (exact) mass is 278 g/mol. The van der Waals surface area contributed by atoms with Crippen molar-refractivity contribution in [2.75, 3.05) is 0 Å². The Bertz CT molecular complexity index is 694. The molecule has 20 heavy (non-hydrogen) atoms. The molecule has 3 heteroatoms. The lowest BCUT2D eigenvalue weighted by Gasteiger charge is -2.09. The van der Waals surface area contributed by atoms with Crippen LogP contribution in [0.4, 0.5) is 0 Å². The van der Waals surface area contributed by atoms with Gasteiger partial charge in [-0.05, 0) is 35.7 Å². The molecular weight excluding hydrogens is 264 g/mol. The zero-order valence-electron chi connectivity index (χ0n) is 10.9. The van der Waals surface area contributed by atoms with Crippen LogP contribution in [-0.4, -0.2) is 4.98 Å². The maximum atomic E-state index is 5.56. The van der Waals surface area contributed by atoms with E-state index in [-0.39, 0.29) is 0 Å². The lowest BCUT2D eigenvalue weighted by molar-refractivity contribution is 1.32. The number of rotatable bonds is 3. The minimum atomic E-state index is 1.00. The SMILES string of the molecule is NSc1ccc(-c2cccnc2-c2ccccc2)cc1. The Hall–Kier alpha value is -2.10. The van der Waals surface area contributed by atoms with Crippen LogP contribution in [0.25, 0.3) is 22.4 Å². The summed E-state index contributed by atoms with van der Waals surface area (Å²) in [4.78, 5) is 5.59. The van der Waals surface area contributed by atoms with Gasteiger partial charge in [-0.2, -0.15) is 0 Å². The van der Waals surface area contributed by atoms with Gasteiger partial charge in [0.05, 0.1) is 5.69 Å². The Morgan fingerprint density at radius 1 is 0.750 bits per heavy atom. The van der Waals surface area contributed by atoms with E-state index in [1.54, 1.807) is 0 Å². The van der Waals surface area contributed by atoms with E-state index in [0.717, 1.165) is 27.3 Å². The van der Waals surface area contributed by atoms with E-state index in [0.29, 0.717) is 0 Å². The first-order valence-corrected chi connectivity index (χ1v) is 7.24. The quantitative estimate of drug-likeness (QED) is 0.722. The Balaban J connectivity index is 2.10. The number of benzene rings is 2. The highest BCUT2D eigenvalue weighted by molar-refractivity contribution is 7.97. The van der Waals surface area contributed by atoms with Crippen molar-refractivity contribution < 1.29 is 0 Å². The van der Waals surface area contributed by atoms with E-state index in [2.05, 4.69) is 35.3 Å². The van der Waals surface area contributed by atoms with Gasteiger partial charge in [0.2, 0.25) is 0 Å². The van der Waals surface area contributed by atoms with Crippen molar-refractivity contribution >= 4 is 11.9 Å². The minimum Gasteiger partial charge on any atom is -0.274 e. The predicted octanol–water partition coefficient (Wildman–Crippen LogP) is 4.38. The minimum absolute atomic E-state index is 1.00. The molecule has 0 aliphatic carbocycles. The summed E-state index contributed by atoms with van der Waals surface area (Å²) in [6.45, 7) is 0. The highest BCUT2D eigenvalue weighted by Crippen LogP contribution is 2.30. The Morgan fingerprint density at radius 2 is 1.50 bits per heavy atom. The van der Waals surface area contributed by atoms with Gasteiger partial charge in [0.15, 0.2) is 0 Å². The van der Waals surface area contributed by atoms with Gasteiger partial charge in [0.1, 0.15) is 0 Å². The predicted molar refractivity (Wildman–Crippen MR) is 85.2 cm³/mol. The molecule has 3 rings (SSSR count). The fourth-order valence-corrected chi connectivity index (χ4v) is 2.47. The largest absolute Gasteiger partial charge is 0.274 e. The smallest absolute Gasteiger partial charge is 0.0780 e. The Labute approximate surface area is 122 Å². The van der Waals surface area contributed by atoms with Gasteiger partial charge in [0, 0.05) is 22.2 Å². The molecule has 98 valence electrons. The molecule has 0 fully saturated rings. The van der Waals surface area contributed by atoms with Crippen molar-refractivity contribution in [3.8, 4) is 22.4 Å². The van der Waals surface area contributed by atoms with E-state index in [1.165, 1.54) is 11.9 Å². The van der Waals surface area contributed by atoms with Crippen LogP contribution in [-0.2, 0) is 0 Å². The van der Waals surface area contributed by atoms with Gasteiger partial charge in [0.25, 0.3) is 0 Å². The molecule has 0 amide bonds. The summed E-state index contributed by atoms with van der Waals surface area (Å²) < 4.78 is 0. The average molecular weight is 278 g/mol. The molecule has 2 aromatic carbocycles. The van der Waals surface area contributed by atoms with Crippen LogP contribution in [0, 0.1) is 0 Å². The van der Waals surface area contributed by atoms with Crippen molar-refractivity contribution in [3.05, 3.63) is 72.9 Å². The molecule has 0 spiro atoms. The number of hydrogen-bond acceptors (Lipinski definition) is 3. The number of pyridine rings is 1. The van der Waals surface area contributed by atoms with Crippen LogP contribution < -0.4 is 5.14 Å². The third-order valence-corrected chi connectivity index (χ3v) is 3.70. The lowest BCUT2D eigenvalue weighted by Crippen LogP contribution is -1.88. The molecule has 0 saturated heterocycles. The summed E-state index contributed by atoms with van der Waals surface area (Å²) in [5.74, 6) is 0. The molecule has 2 N–H and O–H groups in total. The van der Waals surface area contributed by atoms with Gasteiger partial charge >= 0.3 is 0 Å². The zero-order valence-corrected chi connectivity index (χ0v) is 11.7. The van der Waals surface area contributed by atoms with Crippen molar-refractivity contribution in [2.45, 2.75) is 4.90 Å². The van der Waals surface area contributed by atoms with Crippen LogP contribution in [0.1, 0.15) is 0 Å². The Kier molecular flexibility index (Phi) is 3.81. The summed E-state index contributed by atoms with van der Waals surface area (Å²) in [6, 6.07) is 22.5. The molecule has 2 nitrogen and oxygen atoms in total. The number of aromatic nitrogens is 1. The van der Waals surface area contributed by atoms with Crippen molar-refractivity contribution in [1.82, 2.24) is 4.98 Å². The van der Waals surface area contributed by atoms with Crippen LogP contribution >= 0.6 is 11.9 Å². The van der Waals surface area contributed by atoms with Crippen molar-refractivity contribution in [3.63, 3.8) is 0 Å². The molecule has 0 aliphatic heterocycles. The van der Waals surface area contributed by atoms with Gasteiger partial charge in [-0.1, -0.05) is 48.5 Å². The van der Waals surface area contributed by atoms with E-state index >= 15 is 0 Å². The molecule has 0 unspecified atom stereocenters. The molecule has 1 heterocycles. The molecule has 0 bridgehead atoms. The molecule has 0 aliphatic rings. The summed E-state index contributed by atoms with van der Waals surface area (Å²) >= 11 is 1.26. The van der Waals surface area contributed by atoms with Crippen molar-refractivity contribution in [1.29, 1.82) is 0 Å². The third kappa shape index (κ3) is 2.59. The molecule has 0 saturated carbocycles. The standard InChI is InChI=1S/C17H14N2S/c18-20-15-10-8-13(9-11-15)16-7-4-12-19-17(16)14-5-2-1-3-6-14/h1-12H,18H2. The topological polar surface area (TPSA) is 38.9 Å². The molecule has 1 aromatic heterocycles. The first-order chi connectivity index (χ1) is 9.88. The van der Waals surface area contributed by atoms with Crippen molar-refractivity contribution in [2.24, 2.45) is 5.14 Å². The maximum Gasteiger partial charge on any atom is 0.0780 e. The molecule has 0 atom stereocenters. The number of nitrogens with zero attached hydrogens (tertiary/aromatic N) is 1. The van der Waals surface area contributed by atoms with Crippen LogP contribution in [0.3, 0.4) is 0 Å². The highest BCUT2D eigenvalue weighted by Gasteiger charge is 2.07. The van der Waals surface area contributed by atoms with Gasteiger partial charge in [-0.25, -0.2) is 0 Å². The summed E-state index contributed by atoms with van der Waals surface area (Å²) in [7, 11) is 0. The third-order valence-electron chi connectivity index (χ3n) is 3.16. The van der Waals surface area contributed by atoms with Gasteiger partial charge in [-0.3, -0.25) is 10.1 Å². The second-order valence-corrected chi connectivity index (χ2v) is 5.11. The van der Waals surface area contributed by atoms with Gasteiger partial charge < -0.3 is 0 Å². The lowest BCUT2D eigenvalue weighted by atomic mass is 10.00. The van der Waals surface area contributed by atoms with E-state index in [4.69, 9.17) is 5.14 Å². The normalized spacial score (nSPS) is 10.4. The number of hydrogen-bond donors (Lipinski definition) is 1. The van der Waals surface area contributed by atoms with Gasteiger partial charge in [-0.15, -0.1) is 0 Å². The first-order valence-electron chi connectivity index (χ1n) is 6.36. The van der Waals surface area contributed by atoms with Crippen LogP contribution in [0.2, 0.25) is 0 Å². The maximum absolute atomic E-state index is 5.56. The molecule has 0 radical (unpaired) electrons. The average Bonchev–Trinajstić information content (AvgIpc) is 2.56. The summed E-state index contributed by atoms with van der Waals surface area (Å²) in [6.07, 6.45) is 1.83. The molecular formula is C17H14N2S. The van der Waals surface area contributed by atoms with E-state index in [9.17, 15) is 0 Å². The second kappa shape index (κ2) is 5.90. The van der Waals surface area contributed by atoms with E-state index in [1.807, 2.05) is 42.6 Å². The van der Waals surface area contributed by atoms with E-state index < -0.39 is 0 Å². The fourth-order valence-electron chi connectivity index (χ4n) is 2.18. The second-order valence-electron chi connectivity index (χ2n) is 4.41. The first kappa shape index (κ1) is 12.9. The molecule has 3 aromatic rings. The number of nitrogens with two attached hydrogens (primary N) is 1. The zero-order chi connectivity index (χ0) is 13.8. The van der Waals surface area contributed by atoms with Crippen LogP contribution in [0.5, 0.6) is 0 Å².